The Balaban J connectivity index is 1.73. The molecule has 2 saturated heterocycles. The van der Waals surface area contributed by atoms with Crippen LogP contribution in [0.2, 0.25) is 0 Å². The van der Waals surface area contributed by atoms with Gasteiger partial charge in [0.25, 0.3) is 0 Å². The molecule has 4 nitrogen and oxygen atoms in total. The number of pyridine rings is 1. The molecule has 0 spiro atoms. The first-order chi connectivity index (χ1) is 9.28. The molecule has 19 heavy (non-hydrogen) atoms. The van der Waals surface area contributed by atoms with E-state index in [1.165, 1.54) is 32.1 Å². The minimum atomic E-state index is 0.475. The minimum absolute atomic E-state index is 0.475. The van der Waals surface area contributed by atoms with Crippen molar-refractivity contribution in [2.24, 2.45) is 0 Å². The molecular formula is C15H20N4. The van der Waals surface area contributed by atoms with E-state index in [0.717, 1.165) is 5.69 Å². The standard InChI is InChI=1S/C15H20N4/c1-19-13-3-2-4-14(19)8-12(7-13)18-15-10-17-6-5-11(15)9-16/h5-6,10,12-14,18H,2-4,7-8H2,1H3. The first kappa shape index (κ1) is 12.4. The summed E-state index contributed by atoms with van der Waals surface area (Å²) in [7, 11) is 2.26. The second-order valence-corrected chi connectivity index (χ2v) is 5.75. The molecule has 1 aromatic heterocycles. The van der Waals surface area contributed by atoms with Gasteiger partial charge in [0.2, 0.25) is 0 Å². The van der Waals surface area contributed by atoms with Crippen molar-refractivity contribution in [3.05, 3.63) is 24.0 Å². The topological polar surface area (TPSA) is 52.0 Å². The highest BCUT2D eigenvalue weighted by atomic mass is 15.2. The second kappa shape index (κ2) is 5.18. The fourth-order valence-corrected chi connectivity index (χ4v) is 3.56. The van der Waals surface area contributed by atoms with Crippen molar-refractivity contribution in [2.45, 2.75) is 50.2 Å². The van der Waals surface area contributed by atoms with Crippen LogP contribution in [0.25, 0.3) is 0 Å². The highest BCUT2D eigenvalue weighted by molar-refractivity contribution is 5.56. The molecule has 2 fully saturated rings. The lowest BCUT2D eigenvalue weighted by Gasteiger charge is -2.47. The maximum atomic E-state index is 9.13. The van der Waals surface area contributed by atoms with Crippen molar-refractivity contribution in [2.75, 3.05) is 12.4 Å². The minimum Gasteiger partial charge on any atom is -0.380 e. The third kappa shape index (κ3) is 2.43. The van der Waals surface area contributed by atoms with Crippen molar-refractivity contribution in [3.63, 3.8) is 0 Å². The van der Waals surface area contributed by atoms with Crippen molar-refractivity contribution in [1.29, 1.82) is 5.26 Å². The summed E-state index contributed by atoms with van der Waals surface area (Å²) >= 11 is 0. The molecular weight excluding hydrogens is 236 g/mol. The van der Waals surface area contributed by atoms with Gasteiger partial charge in [-0.25, -0.2) is 0 Å². The summed E-state index contributed by atoms with van der Waals surface area (Å²) in [5.41, 5.74) is 1.58. The van der Waals surface area contributed by atoms with Gasteiger partial charge in [-0.15, -0.1) is 0 Å². The van der Waals surface area contributed by atoms with Crippen LogP contribution in [0.3, 0.4) is 0 Å². The quantitative estimate of drug-likeness (QED) is 0.882. The number of fused-ring (bicyclic) bond motifs is 2. The lowest BCUT2D eigenvalue weighted by atomic mass is 9.82. The number of nitrogens with one attached hydrogen (secondary N) is 1. The number of hydrogen-bond acceptors (Lipinski definition) is 4. The number of nitriles is 1. The van der Waals surface area contributed by atoms with Crippen LogP contribution in [0.5, 0.6) is 0 Å². The maximum Gasteiger partial charge on any atom is 0.101 e. The normalized spacial score (nSPS) is 30.6. The molecule has 0 radical (unpaired) electrons. The van der Waals surface area contributed by atoms with Gasteiger partial charge in [-0.3, -0.25) is 4.98 Å². The molecule has 2 bridgehead atoms. The van der Waals surface area contributed by atoms with E-state index in [9.17, 15) is 0 Å². The van der Waals surface area contributed by atoms with Crippen LogP contribution in [-0.2, 0) is 0 Å². The predicted molar refractivity (Wildman–Crippen MR) is 74.8 cm³/mol. The van der Waals surface area contributed by atoms with Crippen LogP contribution in [-0.4, -0.2) is 35.1 Å². The summed E-state index contributed by atoms with van der Waals surface area (Å²) in [4.78, 5) is 6.67. The van der Waals surface area contributed by atoms with E-state index in [0.29, 0.717) is 23.7 Å². The summed E-state index contributed by atoms with van der Waals surface area (Å²) < 4.78 is 0. The Bertz CT molecular complexity index is 479. The number of hydrogen-bond donors (Lipinski definition) is 1. The van der Waals surface area contributed by atoms with E-state index in [-0.39, 0.29) is 0 Å². The van der Waals surface area contributed by atoms with Gasteiger partial charge in [0, 0.05) is 24.3 Å². The van der Waals surface area contributed by atoms with Crippen LogP contribution in [0, 0.1) is 11.3 Å². The first-order valence-corrected chi connectivity index (χ1v) is 7.10. The fraction of sp³-hybridized carbons (Fsp3) is 0.600. The Labute approximate surface area is 114 Å². The van der Waals surface area contributed by atoms with Gasteiger partial charge < -0.3 is 10.2 Å². The number of nitrogens with zero attached hydrogens (tertiary/aromatic N) is 3. The van der Waals surface area contributed by atoms with Gasteiger partial charge >= 0.3 is 0 Å². The number of anilines is 1. The molecule has 3 heterocycles. The summed E-state index contributed by atoms with van der Waals surface area (Å²) in [6.07, 6.45) is 9.77. The highest BCUT2D eigenvalue weighted by Gasteiger charge is 2.35. The Morgan fingerprint density at radius 2 is 2.11 bits per heavy atom. The van der Waals surface area contributed by atoms with E-state index in [1.807, 2.05) is 0 Å². The lowest BCUT2D eigenvalue weighted by Crippen LogP contribution is -2.52. The molecule has 2 atom stereocenters. The average molecular weight is 256 g/mol. The Kier molecular flexibility index (Phi) is 3.39. The molecule has 0 aromatic carbocycles. The Morgan fingerprint density at radius 3 is 2.79 bits per heavy atom. The summed E-state index contributed by atoms with van der Waals surface area (Å²) in [5.74, 6) is 0. The van der Waals surface area contributed by atoms with E-state index in [2.05, 4.69) is 28.3 Å². The number of rotatable bonds is 2. The zero-order valence-electron chi connectivity index (χ0n) is 11.3. The van der Waals surface area contributed by atoms with Crippen LogP contribution >= 0.6 is 0 Å². The maximum absolute atomic E-state index is 9.13. The third-order valence-corrected chi connectivity index (χ3v) is 4.64. The monoisotopic (exact) mass is 256 g/mol. The van der Waals surface area contributed by atoms with Gasteiger partial charge in [-0.2, -0.15) is 5.26 Å². The van der Waals surface area contributed by atoms with Crippen LogP contribution in [0.1, 0.15) is 37.7 Å². The molecule has 2 aliphatic rings. The summed E-state index contributed by atoms with van der Waals surface area (Å²) in [5, 5.41) is 12.7. The predicted octanol–water partition coefficient (Wildman–Crippen LogP) is 2.38. The van der Waals surface area contributed by atoms with E-state index in [1.54, 1.807) is 18.5 Å². The number of piperidine rings is 2. The average Bonchev–Trinajstić information content (AvgIpc) is 2.40. The molecule has 3 rings (SSSR count). The lowest BCUT2D eigenvalue weighted by molar-refractivity contribution is 0.0608. The molecule has 2 aliphatic heterocycles. The molecule has 1 N–H and O–H groups in total. The molecule has 2 unspecified atom stereocenters. The molecule has 0 amide bonds. The zero-order chi connectivity index (χ0) is 13.2. The summed E-state index contributed by atoms with van der Waals surface area (Å²) in [6.45, 7) is 0. The number of aromatic nitrogens is 1. The molecule has 0 aliphatic carbocycles. The third-order valence-electron chi connectivity index (χ3n) is 4.64. The van der Waals surface area contributed by atoms with Crippen LogP contribution in [0.4, 0.5) is 5.69 Å². The summed E-state index contributed by atoms with van der Waals surface area (Å²) in [6, 6.07) is 5.88. The van der Waals surface area contributed by atoms with Crippen LogP contribution in [0.15, 0.2) is 18.5 Å². The van der Waals surface area contributed by atoms with Gasteiger partial charge in [0.05, 0.1) is 17.4 Å². The van der Waals surface area contributed by atoms with Crippen molar-refractivity contribution >= 4 is 5.69 Å². The van der Waals surface area contributed by atoms with E-state index in [4.69, 9.17) is 5.26 Å². The van der Waals surface area contributed by atoms with Gasteiger partial charge in [0.1, 0.15) is 6.07 Å². The largest absolute Gasteiger partial charge is 0.380 e. The van der Waals surface area contributed by atoms with Crippen LogP contribution < -0.4 is 5.32 Å². The molecule has 100 valence electrons. The highest BCUT2D eigenvalue weighted by Crippen LogP contribution is 2.34. The fourth-order valence-electron chi connectivity index (χ4n) is 3.56. The first-order valence-electron chi connectivity index (χ1n) is 7.10. The molecule has 4 heteroatoms. The van der Waals surface area contributed by atoms with Gasteiger partial charge in [-0.05, 0) is 38.8 Å². The molecule has 0 saturated carbocycles. The van der Waals surface area contributed by atoms with Crippen molar-refractivity contribution in [1.82, 2.24) is 9.88 Å². The zero-order valence-corrected chi connectivity index (χ0v) is 11.3. The van der Waals surface area contributed by atoms with Gasteiger partial charge in [-0.1, -0.05) is 6.42 Å². The van der Waals surface area contributed by atoms with E-state index >= 15 is 0 Å². The Morgan fingerprint density at radius 1 is 1.37 bits per heavy atom. The molecule has 1 aromatic rings. The van der Waals surface area contributed by atoms with Crippen molar-refractivity contribution < 1.29 is 0 Å². The van der Waals surface area contributed by atoms with Crippen molar-refractivity contribution in [3.8, 4) is 6.07 Å². The Hall–Kier alpha value is -1.60. The van der Waals surface area contributed by atoms with E-state index < -0.39 is 0 Å². The second-order valence-electron chi connectivity index (χ2n) is 5.75. The van der Waals surface area contributed by atoms with Gasteiger partial charge in [0.15, 0.2) is 0 Å². The smallest absolute Gasteiger partial charge is 0.101 e. The SMILES string of the molecule is CN1C2CCCC1CC(Nc1cnccc1C#N)C2.